The molecule has 1 aromatic rings. The van der Waals surface area contributed by atoms with Gasteiger partial charge in [0.05, 0.1) is 12.8 Å². The Balaban J connectivity index is 1.99. The molecule has 0 bridgehead atoms. The van der Waals surface area contributed by atoms with Crippen LogP contribution in [0.15, 0.2) is 29.4 Å². The van der Waals surface area contributed by atoms with Crippen molar-refractivity contribution in [3.8, 4) is 5.75 Å². The largest absolute Gasteiger partial charge is 0.497 e. The average molecular weight is 262 g/mol. The van der Waals surface area contributed by atoms with Gasteiger partial charge in [-0.2, -0.15) is 0 Å². The van der Waals surface area contributed by atoms with Gasteiger partial charge in [-0.25, -0.2) is 0 Å². The molecule has 0 aliphatic carbocycles. The van der Waals surface area contributed by atoms with Crippen LogP contribution in [0, 0.1) is 0 Å². The van der Waals surface area contributed by atoms with Crippen LogP contribution in [0.25, 0.3) is 0 Å². The van der Waals surface area contributed by atoms with E-state index in [1.807, 2.05) is 38.1 Å². The molecule has 0 fully saturated rings. The standard InChI is InChI=1S/C14H18N2O3/c1-9(2)15-14(17)13-8-12(16-19-13)10-4-6-11(18-3)7-5-10/h4-7,9,13H,8H2,1-3H3,(H,15,17)/t13-/m0/s1. The van der Waals surface area contributed by atoms with E-state index in [4.69, 9.17) is 9.57 Å². The lowest BCUT2D eigenvalue weighted by atomic mass is 10.0. The molecule has 0 aromatic heterocycles. The lowest BCUT2D eigenvalue weighted by molar-refractivity contribution is -0.131. The van der Waals surface area contributed by atoms with Crippen LogP contribution in [-0.4, -0.2) is 30.9 Å². The molecule has 1 atom stereocenters. The summed E-state index contributed by atoms with van der Waals surface area (Å²) in [5, 5.41) is 6.80. The van der Waals surface area contributed by atoms with Gasteiger partial charge >= 0.3 is 0 Å². The lowest BCUT2D eigenvalue weighted by Crippen LogP contribution is -2.38. The maximum absolute atomic E-state index is 11.8. The fourth-order valence-electron chi connectivity index (χ4n) is 1.85. The van der Waals surface area contributed by atoms with Crippen molar-refractivity contribution in [1.29, 1.82) is 0 Å². The predicted molar refractivity (Wildman–Crippen MR) is 72.3 cm³/mol. The first kappa shape index (κ1) is 13.4. The first-order valence-electron chi connectivity index (χ1n) is 6.27. The molecule has 2 rings (SSSR count). The Morgan fingerprint density at radius 3 is 2.68 bits per heavy atom. The number of carbonyl (C=O) groups is 1. The van der Waals surface area contributed by atoms with Gasteiger partial charge in [0.2, 0.25) is 6.10 Å². The van der Waals surface area contributed by atoms with Crippen molar-refractivity contribution in [3.63, 3.8) is 0 Å². The topological polar surface area (TPSA) is 59.9 Å². The van der Waals surface area contributed by atoms with Gasteiger partial charge in [0, 0.05) is 12.5 Å². The molecule has 0 unspecified atom stereocenters. The number of benzene rings is 1. The first-order valence-corrected chi connectivity index (χ1v) is 6.27. The van der Waals surface area contributed by atoms with E-state index < -0.39 is 6.10 Å². The number of rotatable bonds is 4. The van der Waals surface area contributed by atoms with E-state index in [-0.39, 0.29) is 11.9 Å². The lowest BCUT2D eigenvalue weighted by Gasteiger charge is -2.11. The summed E-state index contributed by atoms with van der Waals surface area (Å²) in [5.41, 5.74) is 1.73. The van der Waals surface area contributed by atoms with Crippen LogP contribution in [0.1, 0.15) is 25.8 Å². The van der Waals surface area contributed by atoms with E-state index in [0.717, 1.165) is 17.0 Å². The monoisotopic (exact) mass is 262 g/mol. The van der Waals surface area contributed by atoms with Gasteiger partial charge in [-0.1, -0.05) is 5.16 Å². The second-order valence-corrected chi connectivity index (χ2v) is 4.73. The molecule has 0 spiro atoms. The number of amides is 1. The Morgan fingerprint density at radius 1 is 1.42 bits per heavy atom. The summed E-state index contributed by atoms with van der Waals surface area (Å²) >= 11 is 0. The molecule has 1 aromatic carbocycles. The van der Waals surface area contributed by atoms with E-state index in [0.29, 0.717) is 6.42 Å². The zero-order valence-electron chi connectivity index (χ0n) is 11.3. The number of hydrogen-bond acceptors (Lipinski definition) is 4. The fourth-order valence-corrected chi connectivity index (χ4v) is 1.85. The number of nitrogens with one attached hydrogen (secondary N) is 1. The minimum absolute atomic E-state index is 0.0983. The second-order valence-electron chi connectivity index (χ2n) is 4.73. The zero-order valence-corrected chi connectivity index (χ0v) is 11.3. The first-order chi connectivity index (χ1) is 9.10. The number of ether oxygens (including phenoxy) is 1. The Hall–Kier alpha value is -2.04. The molecule has 0 saturated heterocycles. The molecule has 102 valence electrons. The van der Waals surface area contributed by atoms with Gasteiger partial charge in [0.25, 0.3) is 5.91 Å². The van der Waals surface area contributed by atoms with Crippen molar-refractivity contribution in [2.75, 3.05) is 7.11 Å². The van der Waals surface area contributed by atoms with Crippen LogP contribution >= 0.6 is 0 Å². The Bertz CT molecular complexity index is 480. The molecule has 5 heteroatoms. The molecule has 1 amide bonds. The Morgan fingerprint density at radius 2 is 2.11 bits per heavy atom. The molecule has 19 heavy (non-hydrogen) atoms. The van der Waals surface area contributed by atoms with Gasteiger partial charge in [-0.3, -0.25) is 4.79 Å². The summed E-state index contributed by atoms with van der Waals surface area (Å²) in [6.45, 7) is 3.83. The highest BCUT2D eigenvalue weighted by atomic mass is 16.6. The third-order valence-electron chi connectivity index (χ3n) is 2.82. The van der Waals surface area contributed by atoms with Gasteiger partial charge in [-0.15, -0.1) is 0 Å². The molecule has 5 nitrogen and oxygen atoms in total. The van der Waals surface area contributed by atoms with Crippen LogP contribution < -0.4 is 10.1 Å². The molecular formula is C14H18N2O3. The van der Waals surface area contributed by atoms with Gasteiger partial charge in [0.1, 0.15) is 5.75 Å². The number of oxime groups is 1. The van der Waals surface area contributed by atoms with Crippen molar-refractivity contribution >= 4 is 11.6 Å². The Labute approximate surface area is 112 Å². The van der Waals surface area contributed by atoms with E-state index in [1.165, 1.54) is 0 Å². The molecular weight excluding hydrogens is 244 g/mol. The van der Waals surface area contributed by atoms with E-state index in [2.05, 4.69) is 10.5 Å². The molecule has 1 aliphatic rings. The molecule has 1 heterocycles. The maximum atomic E-state index is 11.8. The molecule has 1 aliphatic heterocycles. The van der Waals surface area contributed by atoms with Crippen LogP contribution in [0.2, 0.25) is 0 Å². The summed E-state index contributed by atoms with van der Waals surface area (Å²) in [6, 6.07) is 7.63. The molecule has 1 N–H and O–H groups in total. The highest BCUT2D eigenvalue weighted by Gasteiger charge is 2.28. The average Bonchev–Trinajstić information content (AvgIpc) is 2.88. The fraction of sp³-hybridized carbons (Fsp3) is 0.429. The van der Waals surface area contributed by atoms with Crippen molar-refractivity contribution in [2.24, 2.45) is 5.16 Å². The number of carbonyl (C=O) groups excluding carboxylic acids is 1. The predicted octanol–water partition coefficient (Wildman–Crippen LogP) is 1.71. The highest BCUT2D eigenvalue weighted by Crippen LogP contribution is 2.19. The minimum atomic E-state index is -0.528. The van der Waals surface area contributed by atoms with Gasteiger partial charge in [0.15, 0.2) is 0 Å². The Kier molecular flexibility index (Phi) is 4.04. The summed E-state index contributed by atoms with van der Waals surface area (Å²) in [4.78, 5) is 17.0. The number of methoxy groups -OCH3 is 1. The smallest absolute Gasteiger partial charge is 0.264 e. The minimum Gasteiger partial charge on any atom is -0.497 e. The van der Waals surface area contributed by atoms with Gasteiger partial charge in [-0.05, 0) is 43.7 Å². The van der Waals surface area contributed by atoms with Crippen LogP contribution in [0.3, 0.4) is 0 Å². The second kappa shape index (κ2) is 5.73. The maximum Gasteiger partial charge on any atom is 0.264 e. The molecule has 0 radical (unpaired) electrons. The number of nitrogens with zero attached hydrogens (tertiary/aromatic N) is 1. The van der Waals surface area contributed by atoms with Crippen molar-refractivity contribution in [3.05, 3.63) is 29.8 Å². The summed E-state index contributed by atoms with van der Waals surface area (Å²) in [7, 11) is 1.62. The van der Waals surface area contributed by atoms with Crippen LogP contribution in [-0.2, 0) is 9.63 Å². The summed E-state index contributed by atoms with van der Waals surface area (Å²) < 4.78 is 5.10. The third-order valence-corrected chi connectivity index (χ3v) is 2.82. The summed E-state index contributed by atoms with van der Waals surface area (Å²) in [6.07, 6.45) is -0.0373. The third kappa shape index (κ3) is 3.24. The van der Waals surface area contributed by atoms with E-state index >= 15 is 0 Å². The van der Waals surface area contributed by atoms with Crippen molar-refractivity contribution in [2.45, 2.75) is 32.4 Å². The normalized spacial score (nSPS) is 17.9. The zero-order chi connectivity index (χ0) is 13.8. The highest BCUT2D eigenvalue weighted by molar-refractivity contribution is 6.04. The van der Waals surface area contributed by atoms with Crippen molar-refractivity contribution < 1.29 is 14.4 Å². The van der Waals surface area contributed by atoms with E-state index in [9.17, 15) is 4.79 Å². The molecule has 0 saturated carbocycles. The van der Waals surface area contributed by atoms with Crippen LogP contribution in [0.5, 0.6) is 5.75 Å². The van der Waals surface area contributed by atoms with Gasteiger partial charge < -0.3 is 14.9 Å². The van der Waals surface area contributed by atoms with E-state index in [1.54, 1.807) is 7.11 Å². The summed E-state index contributed by atoms with van der Waals surface area (Å²) in [5.74, 6) is 0.666. The number of hydrogen-bond donors (Lipinski definition) is 1. The van der Waals surface area contributed by atoms with Crippen LogP contribution in [0.4, 0.5) is 0 Å². The quantitative estimate of drug-likeness (QED) is 0.898. The SMILES string of the molecule is COc1ccc(C2=NO[C@H](C(=O)NC(C)C)C2)cc1. The van der Waals surface area contributed by atoms with Crippen molar-refractivity contribution in [1.82, 2.24) is 5.32 Å².